The van der Waals surface area contributed by atoms with Crippen LogP contribution in [0.1, 0.15) is 28.8 Å². The average molecular weight is 356 g/mol. The van der Waals surface area contributed by atoms with Crippen LogP contribution in [0.5, 0.6) is 0 Å². The molecule has 0 saturated heterocycles. The van der Waals surface area contributed by atoms with Gasteiger partial charge in [-0.1, -0.05) is 12.1 Å². The molecule has 134 valence electrons. The lowest BCUT2D eigenvalue weighted by molar-refractivity contribution is 0.0951. The van der Waals surface area contributed by atoms with Gasteiger partial charge in [0.25, 0.3) is 11.5 Å². The van der Waals surface area contributed by atoms with Gasteiger partial charge in [-0.25, -0.2) is 8.78 Å². The first kappa shape index (κ1) is 17.8. The van der Waals surface area contributed by atoms with Gasteiger partial charge in [0.05, 0.1) is 5.52 Å². The number of carbonyl (C=O) groups is 1. The quantitative estimate of drug-likeness (QED) is 0.664. The number of aromatic nitrogens is 1. The molecule has 0 radical (unpaired) electrons. The summed E-state index contributed by atoms with van der Waals surface area (Å²) in [4.78, 5) is 26.7. The Hall–Kier alpha value is -3.02. The molecule has 0 unspecified atom stereocenters. The van der Waals surface area contributed by atoms with E-state index in [0.29, 0.717) is 17.4 Å². The molecule has 0 aliphatic heterocycles. The standard InChI is InChI=1S/C20H18F2N2O2/c21-15-7-4-13(5-8-15)3-1-2-10-23-19(25)17-11-14-6-9-16(22)12-18(14)24-20(17)26/h4-9,11-12H,1-3,10H2,(H,23,25)(H,24,26). The van der Waals surface area contributed by atoms with Crippen molar-refractivity contribution in [3.05, 3.63) is 81.6 Å². The second-order valence-corrected chi connectivity index (χ2v) is 6.08. The highest BCUT2D eigenvalue weighted by molar-refractivity contribution is 5.97. The van der Waals surface area contributed by atoms with E-state index in [0.717, 1.165) is 24.8 Å². The van der Waals surface area contributed by atoms with Crippen LogP contribution in [0.4, 0.5) is 8.78 Å². The second-order valence-electron chi connectivity index (χ2n) is 6.08. The molecule has 2 N–H and O–H groups in total. The van der Waals surface area contributed by atoms with Gasteiger partial charge in [-0.05, 0) is 66.6 Å². The van der Waals surface area contributed by atoms with Crippen LogP contribution in [0.3, 0.4) is 0 Å². The lowest BCUT2D eigenvalue weighted by Crippen LogP contribution is -2.30. The number of pyridine rings is 1. The Kier molecular flexibility index (Phi) is 5.41. The lowest BCUT2D eigenvalue weighted by atomic mass is 10.1. The van der Waals surface area contributed by atoms with Crippen LogP contribution in [-0.2, 0) is 6.42 Å². The van der Waals surface area contributed by atoms with Crippen LogP contribution < -0.4 is 10.9 Å². The molecule has 0 fully saturated rings. The summed E-state index contributed by atoms with van der Waals surface area (Å²) in [5, 5.41) is 3.31. The fourth-order valence-electron chi connectivity index (χ4n) is 2.74. The van der Waals surface area contributed by atoms with Gasteiger partial charge < -0.3 is 10.3 Å². The number of aromatic amines is 1. The van der Waals surface area contributed by atoms with Gasteiger partial charge in [-0.15, -0.1) is 0 Å². The third-order valence-corrected chi connectivity index (χ3v) is 4.14. The Labute approximate surface area is 148 Å². The van der Waals surface area contributed by atoms with Crippen molar-refractivity contribution < 1.29 is 13.6 Å². The van der Waals surface area contributed by atoms with Gasteiger partial charge in [0.2, 0.25) is 0 Å². The van der Waals surface area contributed by atoms with Gasteiger partial charge in [0, 0.05) is 6.54 Å². The van der Waals surface area contributed by atoms with Crippen LogP contribution >= 0.6 is 0 Å². The van der Waals surface area contributed by atoms with E-state index in [1.54, 1.807) is 12.1 Å². The highest BCUT2D eigenvalue weighted by Crippen LogP contribution is 2.12. The van der Waals surface area contributed by atoms with Crippen molar-refractivity contribution in [1.82, 2.24) is 10.3 Å². The molecule has 26 heavy (non-hydrogen) atoms. The number of carbonyl (C=O) groups excluding carboxylic acids is 1. The van der Waals surface area contributed by atoms with E-state index in [-0.39, 0.29) is 11.4 Å². The Balaban J connectivity index is 1.54. The summed E-state index contributed by atoms with van der Waals surface area (Å²) in [6.07, 6.45) is 2.36. The molecule has 0 atom stereocenters. The normalized spacial score (nSPS) is 10.8. The largest absolute Gasteiger partial charge is 0.352 e. The molecule has 1 heterocycles. The number of H-pyrrole nitrogens is 1. The molecule has 1 amide bonds. The summed E-state index contributed by atoms with van der Waals surface area (Å²) in [6, 6.07) is 11.8. The molecule has 0 spiro atoms. The van der Waals surface area contributed by atoms with E-state index in [2.05, 4.69) is 10.3 Å². The van der Waals surface area contributed by atoms with E-state index in [1.807, 2.05) is 0 Å². The first-order chi connectivity index (χ1) is 12.5. The predicted molar refractivity (Wildman–Crippen MR) is 96.2 cm³/mol. The molecule has 2 aromatic carbocycles. The molecule has 3 aromatic rings. The third kappa shape index (κ3) is 4.33. The van der Waals surface area contributed by atoms with E-state index in [4.69, 9.17) is 0 Å². The SMILES string of the molecule is O=C(NCCCCc1ccc(F)cc1)c1cc2ccc(F)cc2[nH]c1=O. The Morgan fingerprint density at radius 1 is 0.962 bits per heavy atom. The monoisotopic (exact) mass is 356 g/mol. The summed E-state index contributed by atoms with van der Waals surface area (Å²) in [5.41, 5.74) is 0.844. The molecule has 4 nitrogen and oxygen atoms in total. The van der Waals surface area contributed by atoms with Gasteiger partial charge in [0.15, 0.2) is 0 Å². The molecule has 3 rings (SSSR count). The molecule has 1 aromatic heterocycles. The summed E-state index contributed by atoms with van der Waals surface area (Å²) < 4.78 is 26.0. The van der Waals surface area contributed by atoms with Crippen LogP contribution in [0.25, 0.3) is 10.9 Å². The van der Waals surface area contributed by atoms with Gasteiger partial charge >= 0.3 is 0 Å². The number of nitrogens with one attached hydrogen (secondary N) is 2. The van der Waals surface area contributed by atoms with Crippen molar-refractivity contribution in [2.75, 3.05) is 6.54 Å². The molecule has 0 saturated carbocycles. The first-order valence-corrected chi connectivity index (χ1v) is 8.38. The number of benzene rings is 2. The van der Waals surface area contributed by atoms with Crippen molar-refractivity contribution >= 4 is 16.8 Å². The fourth-order valence-corrected chi connectivity index (χ4v) is 2.74. The maximum atomic E-state index is 13.2. The van der Waals surface area contributed by atoms with E-state index in [1.165, 1.54) is 36.4 Å². The number of hydrogen-bond donors (Lipinski definition) is 2. The maximum Gasteiger partial charge on any atom is 0.261 e. The molecular weight excluding hydrogens is 338 g/mol. The molecule has 6 heteroatoms. The van der Waals surface area contributed by atoms with Crippen molar-refractivity contribution in [3.63, 3.8) is 0 Å². The van der Waals surface area contributed by atoms with Crippen molar-refractivity contribution in [2.45, 2.75) is 19.3 Å². The van der Waals surface area contributed by atoms with Crippen LogP contribution in [0.15, 0.2) is 53.3 Å². The fraction of sp³-hybridized carbons (Fsp3) is 0.200. The maximum absolute atomic E-state index is 13.2. The van der Waals surface area contributed by atoms with Gasteiger partial charge in [0.1, 0.15) is 17.2 Å². The molecule has 0 aliphatic carbocycles. The number of unbranched alkanes of at least 4 members (excludes halogenated alkanes) is 1. The molecule has 0 bridgehead atoms. The van der Waals surface area contributed by atoms with Crippen LogP contribution in [0.2, 0.25) is 0 Å². The number of aryl methyl sites for hydroxylation is 1. The topological polar surface area (TPSA) is 62.0 Å². The molecule has 0 aliphatic rings. The number of hydrogen-bond acceptors (Lipinski definition) is 2. The minimum atomic E-state index is -0.549. The Morgan fingerprint density at radius 2 is 1.69 bits per heavy atom. The van der Waals surface area contributed by atoms with Crippen LogP contribution in [0, 0.1) is 11.6 Å². The average Bonchev–Trinajstić information content (AvgIpc) is 2.62. The van der Waals surface area contributed by atoms with Crippen molar-refractivity contribution in [3.8, 4) is 0 Å². The highest BCUT2D eigenvalue weighted by atomic mass is 19.1. The van der Waals surface area contributed by atoms with E-state index < -0.39 is 17.3 Å². The van der Waals surface area contributed by atoms with Crippen molar-refractivity contribution in [2.24, 2.45) is 0 Å². The zero-order valence-electron chi connectivity index (χ0n) is 14.0. The summed E-state index contributed by atoms with van der Waals surface area (Å²) in [6.45, 7) is 0.431. The minimum absolute atomic E-state index is 0.00245. The van der Waals surface area contributed by atoms with Gasteiger partial charge in [-0.2, -0.15) is 0 Å². The highest BCUT2D eigenvalue weighted by Gasteiger charge is 2.11. The Morgan fingerprint density at radius 3 is 2.46 bits per heavy atom. The third-order valence-electron chi connectivity index (χ3n) is 4.14. The van der Waals surface area contributed by atoms with Crippen molar-refractivity contribution in [1.29, 1.82) is 0 Å². The number of rotatable bonds is 6. The van der Waals surface area contributed by atoms with Gasteiger partial charge in [-0.3, -0.25) is 9.59 Å². The zero-order valence-corrected chi connectivity index (χ0v) is 14.0. The summed E-state index contributed by atoms with van der Waals surface area (Å²) in [7, 11) is 0. The smallest absolute Gasteiger partial charge is 0.261 e. The number of amides is 1. The lowest BCUT2D eigenvalue weighted by Gasteiger charge is -2.06. The van der Waals surface area contributed by atoms with E-state index in [9.17, 15) is 18.4 Å². The number of fused-ring (bicyclic) bond motifs is 1. The Bertz CT molecular complexity index is 981. The predicted octanol–water partition coefficient (Wildman–Crippen LogP) is 3.56. The first-order valence-electron chi connectivity index (χ1n) is 8.38. The summed E-state index contributed by atoms with van der Waals surface area (Å²) in [5.74, 6) is -1.17. The van der Waals surface area contributed by atoms with E-state index >= 15 is 0 Å². The summed E-state index contributed by atoms with van der Waals surface area (Å²) >= 11 is 0. The van der Waals surface area contributed by atoms with Crippen LogP contribution in [-0.4, -0.2) is 17.4 Å². The zero-order chi connectivity index (χ0) is 18.5. The number of halogens is 2. The minimum Gasteiger partial charge on any atom is -0.352 e. The second kappa shape index (κ2) is 7.91. The molecular formula is C20H18F2N2O2.